The molecule has 5 heteroatoms. The number of aromatic nitrogens is 1. The van der Waals surface area contributed by atoms with Crippen molar-refractivity contribution in [2.75, 3.05) is 0 Å². The Morgan fingerprint density at radius 2 is 2.14 bits per heavy atom. The van der Waals surface area contributed by atoms with Crippen molar-refractivity contribution >= 4 is 27.5 Å². The second kappa shape index (κ2) is 7.25. The maximum Gasteiger partial charge on any atom is 0.126 e. The lowest BCUT2D eigenvalue weighted by atomic mass is 10.0. The van der Waals surface area contributed by atoms with Gasteiger partial charge in [-0.2, -0.15) is 0 Å². The van der Waals surface area contributed by atoms with Crippen LogP contribution in [-0.4, -0.2) is 11.0 Å². The van der Waals surface area contributed by atoms with Crippen LogP contribution in [0.2, 0.25) is 5.02 Å². The molecule has 0 aliphatic heterocycles. The second-order valence-corrected chi connectivity index (χ2v) is 6.47. The van der Waals surface area contributed by atoms with Crippen LogP contribution < -0.4 is 10.5 Å². The summed E-state index contributed by atoms with van der Waals surface area (Å²) in [5, 5.41) is 0.612. The van der Waals surface area contributed by atoms with Gasteiger partial charge in [0.2, 0.25) is 0 Å². The minimum absolute atomic E-state index is 0.0746. The van der Waals surface area contributed by atoms with Gasteiger partial charge in [0.15, 0.2) is 0 Å². The molecule has 1 atom stereocenters. The van der Waals surface area contributed by atoms with Gasteiger partial charge in [-0.05, 0) is 49.6 Å². The molecule has 2 aromatic rings. The lowest BCUT2D eigenvalue weighted by Crippen LogP contribution is -2.18. The maximum absolute atomic E-state index is 6.11. The molecule has 3 nitrogen and oxygen atoms in total. The normalized spacial score (nSPS) is 12.2. The molecule has 1 unspecified atom stereocenters. The molecule has 1 aromatic heterocycles. The lowest BCUT2D eigenvalue weighted by Gasteiger charge is -2.16. The van der Waals surface area contributed by atoms with Gasteiger partial charge in [-0.3, -0.25) is 4.98 Å². The van der Waals surface area contributed by atoms with Gasteiger partial charge in [-0.15, -0.1) is 0 Å². The Labute approximate surface area is 138 Å². The Bertz CT molecular complexity index is 632. The first kappa shape index (κ1) is 16.3. The third-order valence-electron chi connectivity index (χ3n) is 3.09. The third kappa shape index (κ3) is 4.43. The maximum atomic E-state index is 6.11. The highest BCUT2D eigenvalue weighted by molar-refractivity contribution is 9.10. The molecule has 2 N–H and O–H groups in total. The molecule has 0 aliphatic rings. The van der Waals surface area contributed by atoms with E-state index < -0.39 is 0 Å². The van der Waals surface area contributed by atoms with E-state index in [4.69, 9.17) is 22.1 Å². The fourth-order valence-corrected chi connectivity index (χ4v) is 2.97. The van der Waals surface area contributed by atoms with Gasteiger partial charge in [0.05, 0.1) is 5.02 Å². The van der Waals surface area contributed by atoms with Gasteiger partial charge in [-0.1, -0.05) is 27.5 Å². The Balaban J connectivity index is 2.24. The van der Waals surface area contributed by atoms with E-state index in [-0.39, 0.29) is 6.04 Å². The predicted octanol–water partition coefficient (Wildman–Crippen LogP) is 4.27. The van der Waals surface area contributed by atoms with Gasteiger partial charge in [0.25, 0.3) is 0 Å². The fraction of sp³-hybridized carbons (Fsp3) is 0.312. The summed E-state index contributed by atoms with van der Waals surface area (Å²) in [6.07, 6.45) is 4.10. The summed E-state index contributed by atoms with van der Waals surface area (Å²) >= 11 is 9.63. The van der Waals surface area contributed by atoms with Crippen LogP contribution in [0.4, 0.5) is 0 Å². The molecular weight excluding hydrogens is 352 g/mol. The fourth-order valence-electron chi connectivity index (χ4n) is 2.18. The summed E-state index contributed by atoms with van der Waals surface area (Å²) < 4.78 is 7.03. The van der Waals surface area contributed by atoms with E-state index in [1.54, 1.807) is 12.4 Å². The van der Waals surface area contributed by atoms with E-state index in [0.29, 0.717) is 11.6 Å². The SMILES string of the molecule is Cc1cc(Br)cc(CC(C)N)c1OCc1ccncc1Cl. The van der Waals surface area contributed by atoms with Gasteiger partial charge in [-0.25, -0.2) is 0 Å². The van der Waals surface area contributed by atoms with E-state index in [1.165, 1.54) is 0 Å². The number of rotatable bonds is 5. The molecule has 0 spiro atoms. The number of ether oxygens (including phenoxy) is 1. The van der Waals surface area contributed by atoms with Crippen molar-refractivity contribution in [2.45, 2.75) is 32.9 Å². The largest absolute Gasteiger partial charge is 0.488 e. The zero-order valence-corrected chi connectivity index (χ0v) is 14.4. The van der Waals surface area contributed by atoms with Crippen LogP contribution in [0.3, 0.4) is 0 Å². The van der Waals surface area contributed by atoms with Crippen LogP contribution in [0, 0.1) is 6.92 Å². The molecule has 0 radical (unpaired) electrons. The number of nitrogens with two attached hydrogens (primary N) is 1. The predicted molar refractivity (Wildman–Crippen MR) is 89.8 cm³/mol. The lowest BCUT2D eigenvalue weighted by molar-refractivity contribution is 0.300. The summed E-state index contributed by atoms with van der Waals surface area (Å²) in [7, 11) is 0. The first-order valence-electron chi connectivity index (χ1n) is 6.73. The minimum Gasteiger partial charge on any atom is -0.488 e. The van der Waals surface area contributed by atoms with Gasteiger partial charge < -0.3 is 10.5 Å². The van der Waals surface area contributed by atoms with Gasteiger partial charge >= 0.3 is 0 Å². The molecule has 2 rings (SSSR count). The molecule has 0 amide bonds. The number of pyridine rings is 1. The first-order valence-corrected chi connectivity index (χ1v) is 7.90. The monoisotopic (exact) mass is 368 g/mol. The molecule has 0 aliphatic carbocycles. The number of hydrogen-bond donors (Lipinski definition) is 1. The summed E-state index contributed by atoms with van der Waals surface area (Å²) in [5.41, 5.74) is 9.02. The van der Waals surface area contributed by atoms with Gasteiger partial charge in [0, 0.05) is 28.5 Å². The highest BCUT2D eigenvalue weighted by atomic mass is 79.9. The van der Waals surface area contributed by atoms with Crippen molar-refractivity contribution in [3.05, 3.63) is 56.8 Å². The number of hydrogen-bond acceptors (Lipinski definition) is 3. The number of halogens is 2. The standard InChI is InChI=1S/C16H18BrClN2O/c1-10-5-14(17)7-13(6-11(2)19)16(10)21-9-12-3-4-20-8-15(12)18/h3-5,7-8,11H,6,9,19H2,1-2H3. The van der Waals surface area contributed by atoms with E-state index in [0.717, 1.165) is 33.3 Å². The minimum atomic E-state index is 0.0746. The summed E-state index contributed by atoms with van der Waals surface area (Å²) in [4.78, 5) is 3.98. The molecule has 1 heterocycles. The Morgan fingerprint density at radius 1 is 1.38 bits per heavy atom. The van der Waals surface area contributed by atoms with Crippen molar-refractivity contribution in [3.8, 4) is 5.75 Å². The number of aryl methyl sites for hydroxylation is 1. The topological polar surface area (TPSA) is 48.1 Å². The van der Waals surface area contributed by atoms with Crippen molar-refractivity contribution in [1.82, 2.24) is 4.98 Å². The molecule has 21 heavy (non-hydrogen) atoms. The molecule has 0 bridgehead atoms. The molecular formula is C16H18BrClN2O. The van der Waals surface area contributed by atoms with Crippen molar-refractivity contribution < 1.29 is 4.74 Å². The molecule has 1 aromatic carbocycles. The number of benzene rings is 1. The molecule has 0 fully saturated rings. The Hall–Kier alpha value is -1.10. The summed E-state index contributed by atoms with van der Waals surface area (Å²) in [6, 6.07) is 6.03. The van der Waals surface area contributed by atoms with Crippen LogP contribution in [0.25, 0.3) is 0 Å². The first-order chi connectivity index (χ1) is 9.97. The Kier molecular flexibility index (Phi) is 5.62. The van der Waals surface area contributed by atoms with Crippen LogP contribution in [0.5, 0.6) is 5.75 Å². The van der Waals surface area contributed by atoms with Gasteiger partial charge in [0.1, 0.15) is 12.4 Å². The van der Waals surface area contributed by atoms with Crippen molar-refractivity contribution in [3.63, 3.8) is 0 Å². The second-order valence-electron chi connectivity index (χ2n) is 5.15. The van der Waals surface area contributed by atoms with Crippen LogP contribution >= 0.6 is 27.5 Å². The zero-order valence-electron chi connectivity index (χ0n) is 12.1. The van der Waals surface area contributed by atoms with Crippen LogP contribution in [0.15, 0.2) is 35.1 Å². The quantitative estimate of drug-likeness (QED) is 0.856. The average molecular weight is 370 g/mol. The van der Waals surface area contributed by atoms with Crippen LogP contribution in [-0.2, 0) is 13.0 Å². The van der Waals surface area contributed by atoms with Crippen molar-refractivity contribution in [2.24, 2.45) is 5.73 Å². The average Bonchev–Trinajstić information content (AvgIpc) is 2.38. The van der Waals surface area contributed by atoms with E-state index in [9.17, 15) is 0 Å². The smallest absolute Gasteiger partial charge is 0.126 e. The third-order valence-corrected chi connectivity index (χ3v) is 3.88. The van der Waals surface area contributed by atoms with E-state index in [2.05, 4.69) is 27.0 Å². The zero-order chi connectivity index (χ0) is 15.4. The molecule has 0 saturated heterocycles. The van der Waals surface area contributed by atoms with Crippen molar-refractivity contribution in [1.29, 1.82) is 0 Å². The van der Waals surface area contributed by atoms with E-state index in [1.807, 2.05) is 26.0 Å². The summed E-state index contributed by atoms with van der Waals surface area (Å²) in [6.45, 7) is 4.43. The highest BCUT2D eigenvalue weighted by Crippen LogP contribution is 2.30. The summed E-state index contributed by atoms with van der Waals surface area (Å²) in [5.74, 6) is 0.878. The van der Waals surface area contributed by atoms with E-state index >= 15 is 0 Å². The highest BCUT2D eigenvalue weighted by Gasteiger charge is 2.12. The van der Waals surface area contributed by atoms with Crippen LogP contribution in [0.1, 0.15) is 23.6 Å². The molecule has 0 saturated carbocycles. The number of nitrogens with zero attached hydrogens (tertiary/aromatic N) is 1. The molecule has 112 valence electrons. The Morgan fingerprint density at radius 3 is 2.81 bits per heavy atom.